The van der Waals surface area contributed by atoms with Crippen molar-refractivity contribution in [1.82, 2.24) is 0 Å². The first-order valence-corrected chi connectivity index (χ1v) is 15.4. The lowest BCUT2D eigenvalue weighted by molar-refractivity contribution is -0.283. The number of ether oxygens (including phenoxy) is 4. The van der Waals surface area contributed by atoms with Crippen molar-refractivity contribution in [3.05, 3.63) is 0 Å². The number of carbonyl (C=O) groups is 2. The van der Waals surface area contributed by atoms with Gasteiger partial charge in [0.1, 0.15) is 11.4 Å². The second-order valence-corrected chi connectivity index (χ2v) is 13.7. The third-order valence-corrected chi connectivity index (χ3v) is 12.0. The van der Waals surface area contributed by atoms with Gasteiger partial charge in [-0.15, -0.1) is 0 Å². The van der Waals surface area contributed by atoms with E-state index in [4.69, 9.17) is 18.9 Å². The van der Waals surface area contributed by atoms with Crippen LogP contribution in [0.5, 0.6) is 0 Å². The molecule has 10 atom stereocenters. The normalized spacial score (nSPS) is 50.1. The summed E-state index contributed by atoms with van der Waals surface area (Å²) < 4.78 is 26.0. The Labute approximate surface area is 222 Å². The molecule has 0 N–H and O–H groups in total. The molecule has 0 aromatic rings. The van der Waals surface area contributed by atoms with E-state index in [0.29, 0.717) is 42.5 Å². The molecule has 0 radical (unpaired) electrons. The van der Waals surface area contributed by atoms with Crippen LogP contribution in [0.1, 0.15) is 111 Å². The first-order valence-electron chi connectivity index (χ1n) is 15.4. The van der Waals surface area contributed by atoms with Crippen LogP contribution in [-0.2, 0) is 28.5 Å². The second-order valence-electron chi connectivity index (χ2n) is 13.7. The highest BCUT2D eigenvalue weighted by atomic mass is 16.7. The van der Waals surface area contributed by atoms with Gasteiger partial charge in [0.25, 0.3) is 0 Å². The lowest BCUT2D eigenvalue weighted by Gasteiger charge is -2.63. The molecule has 2 saturated heterocycles. The SMILES string of the molecule is CC(=O)[C@@]1(O[C@@H]2CCCCO2)CC[C@H]2[C@@H]3CC[C@@H]4CC(=O)CC[C@]4(C)[C@H]3[C@H](O[C@@H]3CCCCO3)C[C@@]21C. The fraction of sp³-hybridized carbons (Fsp3) is 0.935. The number of Topliss-reactive ketones (excluding diaryl/α,β-unsaturated/α-hetero) is 2. The lowest BCUT2D eigenvalue weighted by atomic mass is 9.43. The van der Waals surface area contributed by atoms with Gasteiger partial charge >= 0.3 is 0 Å². The zero-order valence-corrected chi connectivity index (χ0v) is 23.3. The number of hydrogen-bond acceptors (Lipinski definition) is 6. The van der Waals surface area contributed by atoms with Crippen molar-refractivity contribution in [3.8, 4) is 0 Å². The summed E-state index contributed by atoms with van der Waals surface area (Å²) >= 11 is 0. The summed E-state index contributed by atoms with van der Waals surface area (Å²) in [4.78, 5) is 26.1. The third kappa shape index (κ3) is 4.28. The zero-order valence-electron chi connectivity index (χ0n) is 23.3. The van der Waals surface area contributed by atoms with Crippen LogP contribution in [0, 0.1) is 34.5 Å². The molecule has 6 fully saturated rings. The molecule has 6 aliphatic rings. The predicted octanol–water partition coefficient (Wildman–Crippen LogP) is 5.99. The van der Waals surface area contributed by atoms with Gasteiger partial charge in [-0.25, -0.2) is 0 Å². The van der Waals surface area contributed by atoms with Crippen LogP contribution in [0.3, 0.4) is 0 Å². The number of rotatable bonds is 5. The van der Waals surface area contributed by atoms with E-state index in [1.54, 1.807) is 6.92 Å². The summed E-state index contributed by atoms with van der Waals surface area (Å²) in [5.74, 6) is 2.35. The molecule has 37 heavy (non-hydrogen) atoms. The van der Waals surface area contributed by atoms with E-state index in [-0.39, 0.29) is 35.3 Å². The zero-order chi connectivity index (χ0) is 25.8. The molecule has 0 aromatic carbocycles. The summed E-state index contributed by atoms with van der Waals surface area (Å²) in [5.41, 5.74) is -1.01. The van der Waals surface area contributed by atoms with Crippen LogP contribution in [0.4, 0.5) is 0 Å². The summed E-state index contributed by atoms with van der Waals surface area (Å²) in [6, 6.07) is 0. The molecule has 2 aliphatic heterocycles. The summed E-state index contributed by atoms with van der Waals surface area (Å²) in [6.07, 6.45) is 13.0. The molecule has 0 unspecified atom stereocenters. The van der Waals surface area contributed by atoms with Crippen molar-refractivity contribution in [2.45, 2.75) is 135 Å². The first kappa shape index (κ1) is 26.4. The van der Waals surface area contributed by atoms with Gasteiger partial charge in [0.15, 0.2) is 18.4 Å². The molecule has 6 heteroatoms. The van der Waals surface area contributed by atoms with Gasteiger partial charge in [0.05, 0.1) is 6.10 Å². The Kier molecular flexibility index (Phi) is 7.12. The highest BCUT2D eigenvalue weighted by Crippen LogP contribution is 2.69. The molecule has 4 aliphatic carbocycles. The number of ketones is 2. The van der Waals surface area contributed by atoms with Crippen molar-refractivity contribution < 1.29 is 28.5 Å². The summed E-state index contributed by atoms with van der Waals surface area (Å²) in [7, 11) is 0. The minimum Gasteiger partial charge on any atom is -0.353 e. The quantitative estimate of drug-likeness (QED) is 0.447. The molecule has 4 saturated carbocycles. The maximum absolute atomic E-state index is 13.6. The molecule has 0 amide bonds. The topological polar surface area (TPSA) is 71.1 Å². The summed E-state index contributed by atoms with van der Waals surface area (Å²) in [5, 5.41) is 0. The van der Waals surface area contributed by atoms with Crippen LogP contribution in [0.25, 0.3) is 0 Å². The Morgan fingerprint density at radius 3 is 2.32 bits per heavy atom. The van der Waals surface area contributed by atoms with Crippen molar-refractivity contribution in [2.75, 3.05) is 13.2 Å². The van der Waals surface area contributed by atoms with E-state index in [0.717, 1.165) is 90.1 Å². The number of carbonyl (C=O) groups excluding carboxylic acids is 2. The fourth-order valence-electron chi connectivity index (χ4n) is 10.1. The minimum atomic E-state index is -0.819. The van der Waals surface area contributed by atoms with E-state index in [1.165, 1.54) is 0 Å². The van der Waals surface area contributed by atoms with Gasteiger partial charge in [-0.05, 0) is 113 Å². The van der Waals surface area contributed by atoms with Gasteiger partial charge in [-0.3, -0.25) is 9.59 Å². The van der Waals surface area contributed by atoms with Crippen LogP contribution < -0.4 is 0 Å². The highest BCUT2D eigenvalue weighted by Gasteiger charge is 2.70. The van der Waals surface area contributed by atoms with Gasteiger partial charge < -0.3 is 18.9 Å². The third-order valence-electron chi connectivity index (χ3n) is 12.0. The van der Waals surface area contributed by atoms with Crippen molar-refractivity contribution >= 4 is 11.6 Å². The molecule has 0 aromatic heterocycles. The average Bonchev–Trinajstić information content (AvgIpc) is 3.18. The van der Waals surface area contributed by atoms with Gasteiger partial charge in [-0.1, -0.05) is 13.8 Å². The Morgan fingerprint density at radius 1 is 0.919 bits per heavy atom. The lowest BCUT2D eigenvalue weighted by Crippen LogP contribution is -2.64. The van der Waals surface area contributed by atoms with Gasteiger partial charge in [-0.2, -0.15) is 0 Å². The number of hydrogen-bond donors (Lipinski definition) is 0. The fourth-order valence-corrected chi connectivity index (χ4v) is 10.1. The maximum atomic E-state index is 13.6. The van der Waals surface area contributed by atoms with E-state index < -0.39 is 5.60 Å². The molecule has 2 heterocycles. The Bertz CT molecular complexity index is 877. The molecular weight excluding hydrogens is 468 g/mol. The molecule has 0 bridgehead atoms. The van der Waals surface area contributed by atoms with Crippen LogP contribution in [0.2, 0.25) is 0 Å². The van der Waals surface area contributed by atoms with Gasteiger partial charge in [0, 0.05) is 31.5 Å². The molecule has 208 valence electrons. The largest absolute Gasteiger partial charge is 0.353 e. The van der Waals surface area contributed by atoms with E-state index >= 15 is 0 Å². The van der Waals surface area contributed by atoms with E-state index in [9.17, 15) is 9.59 Å². The van der Waals surface area contributed by atoms with Crippen LogP contribution in [-0.4, -0.2) is 49.1 Å². The first-order chi connectivity index (χ1) is 17.8. The smallest absolute Gasteiger partial charge is 0.162 e. The summed E-state index contributed by atoms with van der Waals surface area (Å²) in [6.45, 7) is 8.02. The van der Waals surface area contributed by atoms with Crippen molar-refractivity contribution in [2.24, 2.45) is 34.5 Å². The Morgan fingerprint density at radius 2 is 1.65 bits per heavy atom. The highest BCUT2D eigenvalue weighted by molar-refractivity contribution is 5.86. The van der Waals surface area contributed by atoms with Crippen molar-refractivity contribution in [1.29, 1.82) is 0 Å². The Hall–Kier alpha value is -0.820. The Balaban J connectivity index is 1.36. The van der Waals surface area contributed by atoms with Crippen LogP contribution in [0.15, 0.2) is 0 Å². The second kappa shape index (κ2) is 9.98. The maximum Gasteiger partial charge on any atom is 0.162 e. The van der Waals surface area contributed by atoms with E-state index in [2.05, 4.69) is 13.8 Å². The van der Waals surface area contributed by atoms with Crippen LogP contribution >= 0.6 is 0 Å². The standard InChI is InChI=1S/C31H48O6/c1-20(32)31(37-27-9-5-7-17-35-27)15-13-24-23-11-10-21-18-22(33)12-14-29(21,2)28(23)25(19-30(24,31)3)36-26-8-4-6-16-34-26/h21,23-28H,4-19H2,1-3H3/t21-,23+,24+,25-,26-,27-,28-,29+,30+,31+/m1/s1. The molecular formula is C31H48O6. The average molecular weight is 517 g/mol. The molecule has 0 spiro atoms. The predicted molar refractivity (Wildman–Crippen MR) is 139 cm³/mol. The van der Waals surface area contributed by atoms with E-state index in [1.807, 2.05) is 0 Å². The molecule has 6 rings (SSSR count). The van der Waals surface area contributed by atoms with Crippen molar-refractivity contribution in [3.63, 3.8) is 0 Å². The van der Waals surface area contributed by atoms with Gasteiger partial charge in [0.2, 0.25) is 0 Å². The monoisotopic (exact) mass is 516 g/mol. The minimum absolute atomic E-state index is 0.0167. The molecule has 6 nitrogen and oxygen atoms in total. The number of fused-ring (bicyclic) bond motifs is 5.